The Labute approximate surface area is 155 Å². The summed E-state index contributed by atoms with van der Waals surface area (Å²) in [6.07, 6.45) is 0. The summed E-state index contributed by atoms with van der Waals surface area (Å²) < 4.78 is 47.3. The Bertz CT molecular complexity index is 1030. The highest BCUT2D eigenvalue weighted by Gasteiger charge is 2.25. The molecule has 3 rings (SSSR count). The van der Waals surface area contributed by atoms with Crippen LogP contribution in [-0.2, 0) is 17.1 Å². The minimum Gasteiger partial charge on any atom is -0.457 e. The van der Waals surface area contributed by atoms with E-state index in [1.54, 1.807) is 38.2 Å². The predicted octanol–water partition coefficient (Wildman–Crippen LogP) is 4.11. The van der Waals surface area contributed by atoms with E-state index in [1.165, 1.54) is 28.9 Å². The summed E-state index contributed by atoms with van der Waals surface area (Å²) in [5.41, 5.74) is 0.650. The number of hydrogen-bond acceptors (Lipinski definition) is 4. The molecule has 0 saturated carbocycles. The molecule has 0 atom stereocenters. The Morgan fingerprint density at radius 3 is 2.12 bits per heavy atom. The van der Waals surface area contributed by atoms with Crippen LogP contribution < -0.4 is 9.46 Å². The molecule has 0 spiro atoms. The van der Waals surface area contributed by atoms with E-state index in [0.29, 0.717) is 22.9 Å². The number of nitrogens with one attached hydrogen (secondary N) is 1. The molecule has 1 N–H and O–H groups in total. The van der Waals surface area contributed by atoms with Gasteiger partial charge in [-0.25, -0.2) is 12.8 Å². The lowest BCUT2D eigenvalue weighted by Gasteiger charge is -2.09. The average molecular weight is 396 g/mol. The Kier molecular flexibility index (Phi) is 4.88. The van der Waals surface area contributed by atoms with Gasteiger partial charge < -0.3 is 4.74 Å². The first-order chi connectivity index (χ1) is 12.3. The molecule has 2 aromatic carbocycles. The van der Waals surface area contributed by atoms with Gasteiger partial charge in [-0.2, -0.15) is 5.10 Å². The first kappa shape index (κ1) is 18.2. The fraction of sp³-hybridized carbons (Fsp3) is 0.118. The summed E-state index contributed by atoms with van der Waals surface area (Å²) in [6.45, 7) is 1.57. The molecular weight excluding hydrogens is 381 g/mol. The minimum absolute atomic E-state index is 0.0336. The second-order valence-electron chi connectivity index (χ2n) is 5.51. The van der Waals surface area contributed by atoms with Crippen molar-refractivity contribution in [3.8, 4) is 11.5 Å². The van der Waals surface area contributed by atoms with Crippen LogP contribution in [0.15, 0.2) is 53.4 Å². The summed E-state index contributed by atoms with van der Waals surface area (Å²) in [5.74, 6) is 0.596. The number of aromatic nitrogens is 2. The van der Waals surface area contributed by atoms with Crippen LogP contribution in [0.4, 0.5) is 10.1 Å². The summed E-state index contributed by atoms with van der Waals surface area (Å²) in [4.78, 5) is -0.0618. The van der Waals surface area contributed by atoms with Crippen molar-refractivity contribution < 1.29 is 17.5 Å². The second-order valence-corrected chi connectivity index (χ2v) is 7.49. The summed E-state index contributed by atoms with van der Waals surface area (Å²) >= 11 is 6.03. The number of sulfonamides is 1. The molecule has 1 heterocycles. The first-order valence-electron chi connectivity index (χ1n) is 7.51. The lowest BCUT2D eigenvalue weighted by atomic mass is 10.3. The molecule has 0 unspecified atom stereocenters. The lowest BCUT2D eigenvalue weighted by Crippen LogP contribution is -2.14. The van der Waals surface area contributed by atoms with Crippen molar-refractivity contribution in [2.45, 2.75) is 11.8 Å². The summed E-state index contributed by atoms with van der Waals surface area (Å²) in [7, 11) is -2.31. The highest BCUT2D eigenvalue weighted by molar-refractivity contribution is 7.92. The van der Waals surface area contributed by atoms with Gasteiger partial charge in [0.1, 0.15) is 27.4 Å². The molecule has 0 aliphatic rings. The zero-order valence-electron chi connectivity index (χ0n) is 13.9. The number of anilines is 1. The van der Waals surface area contributed by atoms with E-state index in [2.05, 4.69) is 9.82 Å². The van der Waals surface area contributed by atoms with Gasteiger partial charge in [0.05, 0.1) is 5.69 Å². The third-order valence-electron chi connectivity index (χ3n) is 3.52. The number of aryl methyl sites for hydroxylation is 2. The average Bonchev–Trinajstić information content (AvgIpc) is 2.84. The normalized spacial score (nSPS) is 11.4. The largest absolute Gasteiger partial charge is 0.457 e. The van der Waals surface area contributed by atoms with E-state index in [4.69, 9.17) is 16.3 Å². The molecule has 0 saturated heterocycles. The Hall–Kier alpha value is -2.58. The molecule has 3 aromatic rings. The van der Waals surface area contributed by atoms with Crippen molar-refractivity contribution in [2.75, 3.05) is 4.72 Å². The Balaban J connectivity index is 1.77. The predicted molar refractivity (Wildman–Crippen MR) is 96.7 cm³/mol. The van der Waals surface area contributed by atoms with E-state index >= 15 is 0 Å². The van der Waals surface area contributed by atoms with Crippen molar-refractivity contribution in [3.63, 3.8) is 0 Å². The highest BCUT2D eigenvalue weighted by atomic mass is 35.5. The van der Waals surface area contributed by atoms with Gasteiger partial charge in [0, 0.05) is 12.7 Å². The molecule has 1 aromatic heterocycles. The van der Waals surface area contributed by atoms with Crippen LogP contribution in [0.2, 0.25) is 5.15 Å². The highest BCUT2D eigenvalue weighted by Crippen LogP contribution is 2.28. The zero-order chi connectivity index (χ0) is 18.9. The number of benzene rings is 2. The van der Waals surface area contributed by atoms with Crippen molar-refractivity contribution in [3.05, 3.63) is 65.2 Å². The van der Waals surface area contributed by atoms with Crippen LogP contribution in [0, 0.1) is 12.7 Å². The van der Waals surface area contributed by atoms with E-state index in [1.807, 2.05) is 0 Å². The van der Waals surface area contributed by atoms with Gasteiger partial charge in [0.15, 0.2) is 0 Å². The van der Waals surface area contributed by atoms with E-state index in [0.717, 1.165) is 0 Å². The summed E-state index contributed by atoms with van der Waals surface area (Å²) in [5, 5.41) is 4.04. The Morgan fingerprint density at radius 1 is 1.08 bits per heavy atom. The molecule has 0 radical (unpaired) electrons. The van der Waals surface area contributed by atoms with Gasteiger partial charge in [0.25, 0.3) is 10.0 Å². The third-order valence-corrected chi connectivity index (χ3v) is 5.60. The van der Waals surface area contributed by atoms with Crippen LogP contribution in [0.1, 0.15) is 5.69 Å². The fourth-order valence-electron chi connectivity index (χ4n) is 2.35. The zero-order valence-corrected chi connectivity index (χ0v) is 15.5. The van der Waals surface area contributed by atoms with Gasteiger partial charge in [-0.1, -0.05) is 11.6 Å². The number of ether oxygens (including phenoxy) is 1. The van der Waals surface area contributed by atoms with E-state index < -0.39 is 10.0 Å². The maximum Gasteiger partial charge on any atom is 0.266 e. The number of rotatable bonds is 5. The van der Waals surface area contributed by atoms with E-state index in [9.17, 15) is 12.8 Å². The van der Waals surface area contributed by atoms with Crippen LogP contribution in [0.25, 0.3) is 0 Å². The smallest absolute Gasteiger partial charge is 0.266 e. The standard InChI is InChI=1S/C17H15ClFN3O3S/c1-11-16(17(18)22(2)20-11)26(23,24)21-13-5-9-15(10-6-13)25-14-7-3-12(19)4-8-14/h3-10,21H,1-2H3. The summed E-state index contributed by atoms with van der Waals surface area (Å²) in [6, 6.07) is 11.9. The van der Waals surface area contributed by atoms with E-state index in [-0.39, 0.29) is 15.9 Å². The quantitative estimate of drug-likeness (QED) is 0.705. The van der Waals surface area contributed by atoms with Crippen LogP contribution in [-0.4, -0.2) is 18.2 Å². The third kappa shape index (κ3) is 3.81. The molecule has 26 heavy (non-hydrogen) atoms. The van der Waals surface area contributed by atoms with Crippen molar-refractivity contribution in [2.24, 2.45) is 7.05 Å². The van der Waals surface area contributed by atoms with Crippen molar-refractivity contribution in [1.82, 2.24) is 9.78 Å². The van der Waals surface area contributed by atoms with Gasteiger partial charge >= 0.3 is 0 Å². The molecule has 6 nitrogen and oxygen atoms in total. The Morgan fingerprint density at radius 2 is 1.62 bits per heavy atom. The van der Waals surface area contributed by atoms with Gasteiger partial charge in [-0.15, -0.1) is 0 Å². The van der Waals surface area contributed by atoms with Crippen LogP contribution >= 0.6 is 11.6 Å². The monoisotopic (exact) mass is 395 g/mol. The number of halogens is 2. The lowest BCUT2D eigenvalue weighted by molar-refractivity contribution is 0.480. The van der Waals surface area contributed by atoms with Gasteiger partial charge in [-0.05, 0) is 55.5 Å². The van der Waals surface area contributed by atoms with Crippen molar-refractivity contribution in [1.29, 1.82) is 0 Å². The van der Waals surface area contributed by atoms with Crippen LogP contribution in [0.3, 0.4) is 0 Å². The molecule has 0 fully saturated rings. The molecule has 9 heteroatoms. The first-order valence-corrected chi connectivity index (χ1v) is 9.38. The van der Waals surface area contributed by atoms with Crippen molar-refractivity contribution >= 4 is 27.3 Å². The minimum atomic E-state index is -3.88. The number of hydrogen-bond donors (Lipinski definition) is 1. The number of nitrogens with zero attached hydrogens (tertiary/aromatic N) is 2. The fourth-order valence-corrected chi connectivity index (χ4v) is 4.16. The van der Waals surface area contributed by atoms with Gasteiger partial charge in [0.2, 0.25) is 0 Å². The second kappa shape index (κ2) is 6.97. The maximum atomic E-state index is 12.9. The topological polar surface area (TPSA) is 73.2 Å². The molecule has 136 valence electrons. The molecule has 0 aliphatic carbocycles. The molecule has 0 bridgehead atoms. The van der Waals surface area contributed by atoms with Gasteiger partial charge in [-0.3, -0.25) is 9.40 Å². The molecular formula is C17H15ClFN3O3S. The SMILES string of the molecule is Cc1nn(C)c(Cl)c1S(=O)(=O)Nc1ccc(Oc2ccc(F)cc2)cc1. The van der Waals surface area contributed by atoms with Crippen LogP contribution in [0.5, 0.6) is 11.5 Å². The molecule has 0 aliphatic heterocycles. The molecule has 0 amide bonds. The maximum absolute atomic E-state index is 12.9.